The average molecular weight is 420 g/mol. The number of aryl methyl sites for hydroxylation is 2. The Bertz CT molecular complexity index is 1150. The summed E-state index contributed by atoms with van der Waals surface area (Å²) in [5, 5.41) is 12.6. The molecule has 1 aliphatic rings. The van der Waals surface area contributed by atoms with Gasteiger partial charge in [0.2, 0.25) is 5.16 Å². The third-order valence-electron chi connectivity index (χ3n) is 5.76. The molecule has 7 heteroatoms. The Morgan fingerprint density at radius 1 is 1.13 bits per heavy atom. The summed E-state index contributed by atoms with van der Waals surface area (Å²) < 4.78 is 1.68. The van der Waals surface area contributed by atoms with Gasteiger partial charge in [0.1, 0.15) is 0 Å². The number of carbonyl (C=O) groups excluding carboxylic acids is 1. The number of allylic oxidation sites excluding steroid dienone is 2. The summed E-state index contributed by atoms with van der Waals surface area (Å²) in [7, 11) is 2.01. The molecule has 0 bridgehead atoms. The van der Waals surface area contributed by atoms with Crippen molar-refractivity contribution in [2.24, 2.45) is 0 Å². The fourth-order valence-electron chi connectivity index (χ4n) is 3.88. The van der Waals surface area contributed by atoms with E-state index in [4.69, 9.17) is 0 Å². The Kier molecular flexibility index (Phi) is 5.24. The van der Waals surface area contributed by atoms with E-state index >= 15 is 0 Å². The lowest BCUT2D eigenvalue weighted by atomic mass is 9.83. The minimum atomic E-state index is -0.216. The first kappa shape index (κ1) is 20.3. The Balaban J connectivity index is 1.52. The van der Waals surface area contributed by atoms with Crippen LogP contribution in [0.4, 0.5) is 5.69 Å². The van der Waals surface area contributed by atoms with Crippen LogP contribution in [0, 0.1) is 13.8 Å². The standard InChI is InChI=1S/C23H25N5OS/c1-15-10-11-17(12-16(15)2)28-22(24-25-26-28)30-14-18(29)13-21-23(3,4)19-8-6-7-9-20(19)27(21)5/h6-13H,14H2,1-5H3/b21-13-. The van der Waals surface area contributed by atoms with Crippen LogP contribution in [0.2, 0.25) is 0 Å². The highest BCUT2D eigenvalue weighted by atomic mass is 32.2. The van der Waals surface area contributed by atoms with Gasteiger partial charge in [-0.15, -0.1) is 5.10 Å². The number of thioether (sulfide) groups is 1. The van der Waals surface area contributed by atoms with Crippen LogP contribution in [-0.2, 0) is 10.2 Å². The van der Waals surface area contributed by atoms with Gasteiger partial charge >= 0.3 is 0 Å². The molecule has 0 radical (unpaired) electrons. The van der Waals surface area contributed by atoms with Gasteiger partial charge in [0.25, 0.3) is 0 Å². The number of aromatic nitrogens is 4. The van der Waals surface area contributed by atoms with Crippen LogP contribution in [0.5, 0.6) is 0 Å². The quantitative estimate of drug-likeness (QED) is 0.455. The topological polar surface area (TPSA) is 63.9 Å². The third kappa shape index (κ3) is 3.54. The zero-order valence-electron chi connectivity index (χ0n) is 17.9. The molecule has 4 rings (SSSR count). The second-order valence-electron chi connectivity index (χ2n) is 8.13. The molecule has 0 spiro atoms. The first-order valence-corrected chi connectivity index (χ1v) is 10.8. The number of benzene rings is 2. The molecular weight excluding hydrogens is 394 g/mol. The first-order valence-electron chi connectivity index (χ1n) is 9.86. The molecule has 0 saturated carbocycles. The molecule has 3 aromatic rings. The second kappa shape index (κ2) is 7.72. The first-order chi connectivity index (χ1) is 14.3. The van der Waals surface area contributed by atoms with E-state index in [1.54, 1.807) is 10.8 Å². The molecule has 2 heterocycles. The second-order valence-corrected chi connectivity index (χ2v) is 9.07. The minimum absolute atomic E-state index is 0.0392. The molecule has 0 atom stereocenters. The van der Waals surface area contributed by atoms with Gasteiger partial charge in [0.15, 0.2) is 5.78 Å². The number of ketones is 1. The van der Waals surface area contributed by atoms with Crippen molar-refractivity contribution in [3.63, 3.8) is 0 Å². The Labute approximate surface area is 181 Å². The van der Waals surface area contributed by atoms with E-state index in [0.717, 1.165) is 17.1 Å². The maximum Gasteiger partial charge on any atom is 0.214 e. The molecule has 2 aromatic carbocycles. The zero-order valence-corrected chi connectivity index (χ0v) is 18.7. The van der Waals surface area contributed by atoms with Crippen molar-refractivity contribution in [3.8, 4) is 5.69 Å². The van der Waals surface area contributed by atoms with Crippen molar-refractivity contribution in [1.82, 2.24) is 20.2 Å². The SMILES string of the molecule is Cc1ccc(-n2nnnc2SCC(=O)/C=C2\N(C)c3ccccc3C2(C)C)cc1C. The van der Waals surface area contributed by atoms with E-state index in [-0.39, 0.29) is 17.0 Å². The molecule has 6 nitrogen and oxygen atoms in total. The molecule has 1 aromatic heterocycles. The molecule has 0 saturated heterocycles. The van der Waals surface area contributed by atoms with E-state index < -0.39 is 0 Å². The predicted molar refractivity (Wildman–Crippen MR) is 120 cm³/mol. The molecule has 0 N–H and O–H groups in total. The van der Waals surface area contributed by atoms with Crippen molar-refractivity contribution < 1.29 is 4.79 Å². The van der Waals surface area contributed by atoms with Crippen LogP contribution < -0.4 is 4.90 Å². The van der Waals surface area contributed by atoms with E-state index in [1.165, 1.54) is 28.5 Å². The van der Waals surface area contributed by atoms with Crippen LogP contribution in [0.25, 0.3) is 5.69 Å². The van der Waals surface area contributed by atoms with Crippen molar-refractivity contribution in [2.75, 3.05) is 17.7 Å². The summed E-state index contributed by atoms with van der Waals surface area (Å²) in [5.74, 6) is 0.312. The number of likely N-dealkylation sites (N-methyl/N-ethyl adjacent to an activating group) is 1. The lowest BCUT2D eigenvalue weighted by Crippen LogP contribution is -2.24. The number of nitrogens with zero attached hydrogens (tertiary/aromatic N) is 5. The lowest BCUT2D eigenvalue weighted by Gasteiger charge is -2.23. The van der Waals surface area contributed by atoms with Gasteiger partial charge in [-0.3, -0.25) is 4.79 Å². The third-order valence-corrected chi connectivity index (χ3v) is 6.70. The number of para-hydroxylation sites is 1. The maximum atomic E-state index is 12.8. The van der Waals surface area contributed by atoms with Gasteiger partial charge in [-0.25, -0.2) is 0 Å². The van der Waals surface area contributed by atoms with Gasteiger partial charge in [0.05, 0.1) is 11.4 Å². The summed E-state index contributed by atoms with van der Waals surface area (Å²) in [5.41, 5.74) is 6.45. The van der Waals surface area contributed by atoms with Gasteiger partial charge in [-0.1, -0.05) is 49.9 Å². The normalized spacial score (nSPS) is 16.2. The molecule has 0 unspecified atom stereocenters. The number of hydrogen-bond acceptors (Lipinski definition) is 6. The Hall–Kier alpha value is -2.93. The molecular formula is C23H25N5OS. The summed E-state index contributed by atoms with van der Waals surface area (Å²) in [6.45, 7) is 8.44. The summed E-state index contributed by atoms with van der Waals surface area (Å²) in [4.78, 5) is 14.9. The largest absolute Gasteiger partial charge is 0.347 e. The molecule has 0 amide bonds. The van der Waals surface area contributed by atoms with Crippen molar-refractivity contribution in [1.29, 1.82) is 0 Å². The van der Waals surface area contributed by atoms with Crippen LogP contribution in [0.15, 0.2) is 59.4 Å². The number of carbonyl (C=O) groups is 1. The molecule has 154 valence electrons. The van der Waals surface area contributed by atoms with E-state index in [1.807, 2.05) is 37.4 Å². The highest BCUT2D eigenvalue weighted by Crippen LogP contribution is 2.46. The van der Waals surface area contributed by atoms with Gasteiger partial charge in [0, 0.05) is 29.9 Å². The molecule has 0 fully saturated rings. The lowest BCUT2D eigenvalue weighted by molar-refractivity contribution is -0.112. The highest BCUT2D eigenvalue weighted by molar-refractivity contribution is 7.99. The minimum Gasteiger partial charge on any atom is -0.347 e. The van der Waals surface area contributed by atoms with E-state index in [9.17, 15) is 4.79 Å². The summed E-state index contributed by atoms with van der Waals surface area (Å²) in [6, 6.07) is 14.4. The van der Waals surface area contributed by atoms with Crippen LogP contribution in [0.3, 0.4) is 0 Å². The van der Waals surface area contributed by atoms with Crippen molar-refractivity contribution in [3.05, 3.63) is 70.9 Å². The van der Waals surface area contributed by atoms with Crippen molar-refractivity contribution in [2.45, 2.75) is 38.3 Å². The predicted octanol–water partition coefficient (Wildman–Crippen LogP) is 4.25. The Morgan fingerprint density at radius 2 is 1.90 bits per heavy atom. The zero-order chi connectivity index (χ0) is 21.5. The van der Waals surface area contributed by atoms with Crippen LogP contribution >= 0.6 is 11.8 Å². The summed E-state index contributed by atoms with van der Waals surface area (Å²) >= 11 is 1.35. The van der Waals surface area contributed by atoms with Crippen LogP contribution in [-0.4, -0.2) is 38.8 Å². The number of tetrazole rings is 1. The monoisotopic (exact) mass is 419 g/mol. The number of fused-ring (bicyclic) bond motifs is 1. The number of anilines is 1. The highest BCUT2D eigenvalue weighted by Gasteiger charge is 2.38. The summed E-state index contributed by atoms with van der Waals surface area (Å²) in [6.07, 6.45) is 1.76. The maximum absolute atomic E-state index is 12.8. The van der Waals surface area contributed by atoms with E-state index in [2.05, 4.69) is 60.3 Å². The fourth-order valence-corrected chi connectivity index (χ4v) is 4.59. The number of rotatable bonds is 5. The fraction of sp³-hybridized carbons (Fsp3) is 0.304. The molecule has 30 heavy (non-hydrogen) atoms. The Morgan fingerprint density at radius 3 is 2.63 bits per heavy atom. The number of hydrogen-bond donors (Lipinski definition) is 0. The molecule has 1 aliphatic heterocycles. The van der Waals surface area contributed by atoms with Gasteiger partial charge in [-0.05, 0) is 59.2 Å². The van der Waals surface area contributed by atoms with Crippen molar-refractivity contribution >= 4 is 23.2 Å². The molecule has 0 aliphatic carbocycles. The smallest absolute Gasteiger partial charge is 0.214 e. The van der Waals surface area contributed by atoms with Gasteiger partial charge in [-0.2, -0.15) is 4.68 Å². The average Bonchev–Trinajstić information content (AvgIpc) is 3.26. The van der Waals surface area contributed by atoms with E-state index in [0.29, 0.717) is 5.16 Å². The van der Waals surface area contributed by atoms with Crippen LogP contribution in [0.1, 0.15) is 30.5 Å². The van der Waals surface area contributed by atoms with Gasteiger partial charge < -0.3 is 4.90 Å².